The summed E-state index contributed by atoms with van der Waals surface area (Å²) in [5.74, 6) is -0.122. The SMILES string of the molecule is Cc1cc(-c2ccc3[nH]c(C(=O)N4CCCC4)cc3c2)ccc1F. The van der Waals surface area contributed by atoms with Crippen LogP contribution in [0.1, 0.15) is 28.9 Å². The highest BCUT2D eigenvalue weighted by atomic mass is 19.1. The molecule has 0 aliphatic carbocycles. The second-order valence-corrected chi connectivity index (χ2v) is 6.45. The molecule has 2 heterocycles. The number of rotatable bonds is 2. The molecular weight excluding hydrogens is 303 g/mol. The van der Waals surface area contributed by atoms with E-state index in [1.165, 1.54) is 6.07 Å². The van der Waals surface area contributed by atoms with E-state index in [-0.39, 0.29) is 11.7 Å². The van der Waals surface area contributed by atoms with Gasteiger partial charge in [0.25, 0.3) is 5.91 Å². The van der Waals surface area contributed by atoms with Crippen LogP contribution in [0.25, 0.3) is 22.0 Å². The summed E-state index contributed by atoms with van der Waals surface area (Å²) < 4.78 is 13.5. The van der Waals surface area contributed by atoms with Crippen LogP contribution in [0, 0.1) is 12.7 Å². The number of benzene rings is 2. The number of H-pyrrole nitrogens is 1. The Morgan fingerprint density at radius 1 is 1.04 bits per heavy atom. The highest BCUT2D eigenvalue weighted by Crippen LogP contribution is 2.27. The Bertz CT molecular complexity index is 923. The van der Waals surface area contributed by atoms with Gasteiger partial charge in [-0.15, -0.1) is 0 Å². The predicted molar refractivity (Wildman–Crippen MR) is 93.6 cm³/mol. The predicted octanol–water partition coefficient (Wildman–Crippen LogP) is 4.52. The molecule has 0 radical (unpaired) electrons. The van der Waals surface area contributed by atoms with Crippen LogP contribution < -0.4 is 0 Å². The average molecular weight is 322 g/mol. The molecule has 1 amide bonds. The van der Waals surface area contributed by atoms with Crippen LogP contribution in [0.2, 0.25) is 0 Å². The van der Waals surface area contributed by atoms with E-state index in [1.807, 2.05) is 35.2 Å². The molecular formula is C20H19FN2O. The van der Waals surface area contributed by atoms with Crippen molar-refractivity contribution in [3.63, 3.8) is 0 Å². The summed E-state index contributed by atoms with van der Waals surface area (Å²) >= 11 is 0. The molecule has 4 heteroatoms. The molecule has 24 heavy (non-hydrogen) atoms. The van der Waals surface area contributed by atoms with E-state index in [9.17, 15) is 9.18 Å². The summed E-state index contributed by atoms with van der Waals surface area (Å²) in [6.07, 6.45) is 2.17. The molecule has 3 aromatic rings. The molecule has 0 spiro atoms. The number of aryl methyl sites for hydroxylation is 1. The Balaban J connectivity index is 1.70. The van der Waals surface area contributed by atoms with Crippen molar-refractivity contribution in [2.45, 2.75) is 19.8 Å². The number of carbonyl (C=O) groups is 1. The molecule has 2 aromatic carbocycles. The molecule has 0 atom stereocenters. The summed E-state index contributed by atoms with van der Waals surface area (Å²) in [7, 11) is 0. The van der Waals surface area contributed by atoms with Crippen LogP contribution in [0.3, 0.4) is 0 Å². The van der Waals surface area contributed by atoms with Crippen LogP contribution in [0.15, 0.2) is 42.5 Å². The van der Waals surface area contributed by atoms with Gasteiger partial charge in [-0.1, -0.05) is 12.1 Å². The van der Waals surface area contributed by atoms with E-state index < -0.39 is 0 Å². The normalized spacial score (nSPS) is 14.5. The standard InChI is InChI=1S/C20H19FN2O/c1-13-10-14(4-6-17(13)21)15-5-7-18-16(11-15)12-19(22-18)20(24)23-8-2-3-9-23/h4-7,10-12,22H,2-3,8-9H2,1H3. The van der Waals surface area contributed by atoms with Crippen molar-refractivity contribution in [3.05, 3.63) is 59.5 Å². The number of nitrogens with one attached hydrogen (secondary N) is 1. The summed E-state index contributed by atoms with van der Waals surface area (Å²) in [6.45, 7) is 3.45. The van der Waals surface area contributed by atoms with Gasteiger partial charge in [0.2, 0.25) is 0 Å². The van der Waals surface area contributed by atoms with Crippen LogP contribution in [0.5, 0.6) is 0 Å². The van der Waals surface area contributed by atoms with Crippen molar-refractivity contribution in [3.8, 4) is 11.1 Å². The number of fused-ring (bicyclic) bond motifs is 1. The third kappa shape index (κ3) is 2.58. The zero-order chi connectivity index (χ0) is 16.7. The van der Waals surface area contributed by atoms with Crippen molar-refractivity contribution in [2.24, 2.45) is 0 Å². The van der Waals surface area contributed by atoms with Crippen molar-refractivity contribution in [2.75, 3.05) is 13.1 Å². The quantitative estimate of drug-likeness (QED) is 0.740. The largest absolute Gasteiger partial charge is 0.351 e. The number of hydrogen-bond acceptors (Lipinski definition) is 1. The minimum Gasteiger partial charge on any atom is -0.351 e. The van der Waals surface area contributed by atoms with Gasteiger partial charge in [-0.3, -0.25) is 4.79 Å². The van der Waals surface area contributed by atoms with Crippen molar-refractivity contribution in [1.82, 2.24) is 9.88 Å². The van der Waals surface area contributed by atoms with E-state index in [4.69, 9.17) is 0 Å². The number of carbonyl (C=O) groups excluding carboxylic acids is 1. The molecule has 0 saturated carbocycles. The number of aromatic amines is 1. The lowest BCUT2D eigenvalue weighted by Crippen LogP contribution is -2.27. The Morgan fingerprint density at radius 2 is 1.75 bits per heavy atom. The first-order chi connectivity index (χ1) is 11.6. The van der Waals surface area contributed by atoms with E-state index >= 15 is 0 Å². The second-order valence-electron chi connectivity index (χ2n) is 6.45. The molecule has 3 nitrogen and oxygen atoms in total. The average Bonchev–Trinajstić information content (AvgIpc) is 3.25. The van der Waals surface area contributed by atoms with Gasteiger partial charge in [0.05, 0.1) is 0 Å². The topological polar surface area (TPSA) is 36.1 Å². The number of aromatic nitrogens is 1. The smallest absolute Gasteiger partial charge is 0.270 e. The van der Waals surface area contributed by atoms with Gasteiger partial charge < -0.3 is 9.88 Å². The van der Waals surface area contributed by atoms with E-state index in [1.54, 1.807) is 13.0 Å². The zero-order valence-electron chi connectivity index (χ0n) is 13.6. The Morgan fingerprint density at radius 3 is 2.50 bits per heavy atom. The number of amides is 1. The summed E-state index contributed by atoms with van der Waals surface area (Å²) in [5.41, 5.74) is 4.21. The maximum Gasteiger partial charge on any atom is 0.270 e. The van der Waals surface area contributed by atoms with E-state index in [0.29, 0.717) is 11.3 Å². The lowest BCUT2D eigenvalue weighted by atomic mass is 10.0. The molecule has 1 aliphatic heterocycles. The number of halogens is 1. The fraction of sp³-hybridized carbons (Fsp3) is 0.250. The highest BCUT2D eigenvalue weighted by Gasteiger charge is 2.21. The molecule has 1 aliphatic rings. The maximum absolute atomic E-state index is 13.5. The van der Waals surface area contributed by atoms with Crippen LogP contribution in [-0.2, 0) is 0 Å². The highest BCUT2D eigenvalue weighted by molar-refractivity contribution is 5.99. The molecule has 1 fully saturated rings. The van der Waals surface area contributed by atoms with Gasteiger partial charge in [0.15, 0.2) is 0 Å². The Labute approximate surface area is 140 Å². The lowest BCUT2D eigenvalue weighted by Gasteiger charge is -2.13. The number of hydrogen-bond donors (Lipinski definition) is 1. The first-order valence-corrected chi connectivity index (χ1v) is 8.30. The van der Waals surface area contributed by atoms with Gasteiger partial charge >= 0.3 is 0 Å². The molecule has 122 valence electrons. The second kappa shape index (κ2) is 5.78. The molecule has 0 unspecified atom stereocenters. The van der Waals surface area contributed by atoms with Crippen molar-refractivity contribution >= 4 is 16.8 Å². The molecule has 1 saturated heterocycles. The number of nitrogens with zero attached hydrogens (tertiary/aromatic N) is 1. The maximum atomic E-state index is 13.5. The van der Waals surface area contributed by atoms with E-state index in [2.05, 4.69) is 4.98 Å². The first-order valence-electron chi connectivity index (χ1n) is 8.30. The zero-order valence-corrected chi connectivity index (χ0v) is 13.6. The van der Waals surface area contributed by atoms with Gasteiger partial charge in [-0.25, -0.2) is 4.39 Å². The van der Waals surface area contributed by atoms with Crippen LogP contribution in [-0.4, -0.2) is 28.9 Å². The monoisotopic (exact) mass is 322 g/mol. The molecule has 4 rings (SSSR count). The van der Waals surface area contributed by atoms with Crippen LogP contribution in [0.4, 0.5) is 4.39 Å². The van der Waals surface area contributed by atoms with Gasteiger partial charge in [-0.05, 0) is 66.8 Å². The molecule has 1 aromatic heterocycles. The van der Waals surface area contributed by atoms with Gasteiger partial charge in [0.1, 0.15) is 11.5 Å². The third-order valence-corrected chi connectivity index (χ3v) is 4.74. The summed E-state index contributed by atoms with van der Waals surface area (Å²) in [6, 6.07) is 13.1. The minimum atomic E-state index is -0.194. The van der Waals surface area contributed by atoms with Crippen molar-refractivity contribution < 1.29 is 9.18 Å². The summed E-state index contributed by atoms with van der Waals surface area (Å²) in [5, 5.41) is 0.997. The third-order valence-electron chi connectivity index (χ3n) is 4.74. The fourth-order valence-electron chi connectivity index (χ4n) is 3.34. The fourth-order valence-corrected chi connectivity index (χ4v) is 3.34. The van der Waals surface area contributed by atoms with Crippen molar-refractivity contribution in [1.29, 1.82) is 0 Å². The van der Waals surface area contributed by atoms with Crippen LogP contribution >= 0.6 is 0 Å². The number of likely N-dealkylation sites (tertiary alicyclic amines) is 1. The van der Waals surface area contributed by atoms with Gasteiger partial charge in [-0.2, -0.15) is 0 Å². The van der Waals surface area contributed by atoms with Gasteiger partial charge in [0, 0.05) is 24.0 Å². The molecule has 1 N–H and O–H groups in total. The lowest BCUT2D eigenvalue weighted by molar-refractivity contribution is 0.0788. The Kier molecular flexibility index (Phi) is 3.60. The molecule has 0 bridgehead atoms. The minimum absolute atomic E-state index is 0.0721. The Hall–Kier alpha value is -2.62. The van der Waals surface area contributed by atoms with E-state index in [0.717, 1.165) is 48.0 Å². The summed E-state index contributed by atoms with van der Waals surface area (Å²) in [4.78, 5) is 17.6. The first kappa shape index (κ1) is 14.9.